The summed E-state index contributed by atoms with van der Waals surface area (Å²) >= 11 is 5.98. The van der Waals surface area contributed by atoms with Crippen molar-refractivity contribution in [3.8, 4) is 0 Å². The molecule has 0 bridgehead atoms. The number of hydrogen-bond acceptors (Lipinski definition) is 4. The van der Waals surface area contributed by atoms with E-state index in [1.54, 1.807) is 18.5 Å². The van der Waals surface area contributed by atoms with E-state index in [0.29, 0.717) is 17.3 Å². The third-order valence-corrected chi connectivity index (χ3v) is 2.93. The molecule has 0 radical (unpaired) electrons. The van der Waals surface area contributed by atoms with Crippen molar-refractivity contribution in [2.24, 2.45) is 0 Å². The lowest BCUT2D eigenvalue weighted by Gasteiger charge is -2.08. The molecule has 0 saturated heterocycles. The second-order valence-electron chi connectivity index (χ2n) is 3.96. The molecule has 2 aromatic rings. The van der Waals surface area contributed by atoms with Crippen LogP contribution in [0.5, 0.6) is 0 Å². The lowest BCUT2D eigenvalue weighted by Crippen LogP contribution is -2.05. The van der Waals surface area contributed by atoms with Crippen LogP contribution in [-0.2, 0) is 6.42 Å². The monoisotopic (exact) mass is 277 g/mol. The third-order valence-electron chi connectivity index (χ3n) is 2.62. The Kier molecular flexibility index (Phi) is 4.30. The first-order valence-electron chi connectivity index (χ1n) is 5.73. The molecule has 0 aliphatic rings. The Morgan fingerprint density at radius 1 is 1.37 bits per heavy atom. The van der Waals surface area contributed by atoms with Gasteiger partial charge < -0.3 is 5.32 Å². The van der Waals surface area contributed by atoms with Crippen molar-refractivity contribution < 1.29 is 4.92 Å². The van der Waals surface area contributed by atoms with Crippen LogP contribution < -0.4 is 5.32 Å². The van der Waals surface area contributed by atoms with Crippen LogP contribution in [0.3, 0.4) is 0 Å². The molecule has 0 amide bonds. The molecule has 19 heavy (non-hydrogen) atoms. The molecule has 1 heterocycles. The Labute approximate surface area is 115 Å². The summed E-state index contributed by atoms with van der Waals surface area (Å²) < 4.78 is 0. The molecule has 1 aromatic heterocycles. The number of pyridine rings is 1. The number of nitro groups is 1. The molecule has 0 fully saturated rings. The first-order chi connectivity index (χ1) is 9.16. The second kappa shape index (κ2) is 6.15. The summed E-state index contributed by atoms with van der Waals surface area (Å²) in [5.74, 6) is 0. The van der Waals surface area contributed by atoms with Gasteiger partial charge in [-0.15, -0.1) is 0 Å². The second-order valence-corrected chi connectivity index (χ2v) is 4.37. The molecule has 0 saturated carbocycles. The minimum Gasteiger partial charge on any atom is -0.384 e. The highest BCUT2D eigenvalue weighted by atomic mass is 35.5. The van der Waals surface area contributed by atoms with Crippen LogP contribution in [0.1, 0.15) is 5.56 Å². The number of anilines is 1. The molecule has 2 rings (SSSR count). The third kappa shape index (κ3) is 3.66. The van der Waals surface area contributed by atoms with Crippen LogP contribution in [0.25, 0.3) is 0 Å². The van der Waals surface area contributed by atoms with Crippen molar-refractivity contribution in [3.05, 3.63) is 63.4 Å². The maximum Gasteiger partial charge on any atom is 0.271 e. The number of aromatic nitrogens is 1. The van der Waals surface area contributed by atoms with Crippen molar-refractivity contribution in [2.75, 3.05) is 11.9 Å². The number of non-ortho nitro benzene ring substituents is 1. The topological polar surface area (TPSA) is 68.1 Å². The number of benzene rings is 1. The lowest BCUT2D eigenvalue weighted by atomic mass is 10.2. The van der Waals surface area contributed by atoms with Gasteiger partial charge in [0.1, 0.15) is 0 Å². The van der Waals surface area contributed by atoms with Gasteiger partial charge in [-0.05, 0) is 24.1 Å². The molecular weight excluding hydrogens is 266 g/mol. The number of hydrogen-bond donors (Lipinski definition) is 1. The number of nitrogens with zero attached hydrogens (tertiary/aromatic N) is 2. The molecule has 0 unspecified atom stereocenters. The molecule has 6 heteroatoms. The van der Waals surface area contributed by atoms with Gasteiger partial charge in [0.2, 0.25) is 0 Å². The van der Waals surface area contributed by atoms with Crippen molar-refractivity contribution >= 4 is 23.0 Å². The van der Waals surface area contributed by atoms with E-state index < -0.39 is 4.92 Å². The van der Waals surface area contributed by atoms with Gasteiger partial charge in [-0.3, -0.25) is 15.1 Å². The van der Waals surface area contributed by atoms with Gasteiger partial charge in [0.15, 0.2) is 0 Å². The average molecular weight is 278 g/mol. The Balaban J connectivity index is 1.95. The van der Waals surface area contributed by atoms with Gasteiger partial charge in [0, 0.05) is 31.1 Å². The van der Waals surface area contributed by atoms with Crippen molar-refractivity contribution in [1.82, 2.24) is 4.98 Å². The summed E-state index contributed by atoms with van der Waals surface area (Å²) in [6, 6.07) is 8.26. The highest BCUT2D eigenvalue weighted by molar-refractivity contribution is 6.33. The average Bonchev–Trinajstić information content (AvgIpc) is 2.41. The number of rotatable bonds is 5. The fourth-order valence-electron chi connectivity index (χ4n) is 1.65. The Bertz CT molecular complexity index is 575. The maximum atomic E-state index is 10.6. The molecule has 0 atom stereocenters. The first-order valence-corrected chi connectivity index (χ1v) is 6.11. The van der Waals surface area contributed by atoms with Crippen LogP contribution in [0, 0.1) is 10.1 Å². The van der Waals surface area contributed by atoms with E-state index in [4.69, 9.17) is 11.6 Å². The molecule has 0 spiro atoms. The SMILES string of the molecule is O=[N+]([O-])c1ccc(NCCc2cccnc2)c(Cl)c1. The van der Waals surface area contributed by atoms with Crippen LogP contribution >= 0.6 is 11.6 Å². The van der Waals surface area contributed by atoms with E-state index in [0.717, 1.165) is 12.0 Å². The predicted octanol–water partition coefficient (Wildman–Crippen LogP) is 3.30. The number of halogens is 1. The molecule has 1 aromatic carbocycles. The summed E-state index contributed by atoms with van der Waals surface area (Å²) in [6.07, 6.45) is 4.34. The highest BCUT2D eigenvalue weighted by Gasteiger charge is 2.08. The van der Waals surface area contributed by atoms with E-state index in [9.17, 15) is 10.1 Å². The molecule has 0 aliphatic carbocycles. The fraction of sp³-hybridized carbons (Fsp3) is 0.154. The van der Waals surface area contributed by atoms with Crippen LogP contribution in [0.4, 0.5) is 11.4 Å². The maximum absolute atomic E-state index is 10.6. The standard InChI is InChI=1S/C13H12ClN3O2/c14-12-8-11(17(18)19)3-4-13(12)16-7-5-10-2-1-6-15-9-10/h1-4,6,8-9,16H,5,7H2. The highest BCUT2D eigenvalue weighted by Crippen LogP contribution is 2.26. The smallest absolute Gasteiger partial charge is 0.271 e. The quantitative estimate of drug-likeness (QED) is 0.672. The molecular formula is C13H12ClN3O2. The van der Waals surface area contributed by atoms with Crippen molar-refractivity contribution in [1.29, 1.82) is 0 Å². The summed E-state index contributed by atoms with van der Waals surface area (Å²) in [6.45, 7) is 0.684. The van der Waals surface area contributed by atoms with E-state index in [2.05, 4.69) is 10.3 Å². The zero-order chi connectivity index (χ0) is 13.7. The minimum atomic E-state index is -0.467. The molecule has 0 aliphatic heterocycles. The number of nitrogens with one attached hydrogen (secondary N) is 1. The van der Waals surface area contributed by atoms with E-state index in [-0.39, 0.29) is 5.69 Å². The van der Waals surface area contributed by atoms with Crippen LogP contribution in [-0.4, -0.2) is 16.5 Å². The van der Waals surface area contributed by atoms with Crippen molar-refractivity contribution in [3.63, 3.8) is 0 Å². The van der Waals surface area contributed by atoms with Crippen molar-refractivity contribution in [2.45, 2.75) is 6.42 Å². The fourth-order valence-corrected chi connectivity index (χ4v) is 1.89. The largest absolute Gasteiger partial charge is 0.384 e. The summed E-state index contributed by atoms with van der Waals surface area (Å²) in [4.78, 5) is 14.1. The summed E-state index contributed by atoms with van der Waals surface area (Å²) in [5, 5.41) is 14.1. The summed E-state index contributed by atoms with van der Waals surface area (Å²) in [5.41, 5.74) is 1.80. The molecule has 5 nitrogen and oxygen atoms in total. The predicted molar refractivity (Wildman–Crippen MR) is 74.5 cm³/mol. The normalized spacial score (nSPS) is 10.2. The number of nitro benzene ring substituents is 1. The van der Waals surface area contributed by atoms with Gasteiger partial charge in [0.25, 0.3) is 5.69 Å². The lowest BCUT2D eigenvalue weighted by molar-refractivity contribution is -0.384. The Hall–Kier alpha value is -2.14. The van der Waals surface area contributed by atoms with Crippen LogP contribution in [0.2, 0.25) is 5.02 Å². The van der Waals surface area contributed by atoms with E-state index in [1.165, 1.54) is 12.1 Å². The molecule has 1 N–H and O–H groups in total. The summed E-state index contributed by atoms with van der Waals surface area (Å²) in [7, 11) is 0. The van der Waals surface area contributed by atoms with E-state index in [1.807, 2.05) is 12.1 Å². The molecule has 98 valence electrons. The first kappa shape index (κ1) is 13.3. The zero-order valence-electron chi connectivity index (χ0n) is 10.0. The van der Waals surface area contributed by atoms with Gasteiger partial charge >= 0.3 is 0 Å². The van der Waals surface area contributed by atoms with Gasteiger partial charge in [-0.1, -0.05) is 17.7 Å². The van der Waals surface area contributed by atoms with E-state index >= 15 is 0 Å². The van der Waals surface area contributed by atoms with Gasteiger partial charge in [-0.2, -0.15) is 0 Å². The zero-order valence-corrected chi connectivity index (χ0v) is 10.8. The van der Waals surface area contributed by atoms with Gasteiger partial charge in [-0.25, -0.2) is 0 Å². The van der Waals surface area contributed by atoms with Gasteiger partial charge in [0.05, 0.1) is 15.6 Å². The minimum absolute atomic E-state index is 0.0113. The Morgan fingerprint density at radius 2 is 2.21 bits per heavy atom. The van der Waals surface area contributed by atoms with Crippen LogP contribution in [0.15, 0.2) is 42.7 Å². The Morgan fingerprint density at radius 3 is 2.84 bits per heavy atom.